The van der Waals surface area contributed by atoms with Gasteiger partial charge in [-0.3, -0.25) is 4.90 Å². The number of imidazole rings is 1. The molecule has 7 heteroatoms. The fourth-order valence-corrected chi connectivity index (χ4v) is 14.9. The highest BCUT2D eigenvalue weighted by Crippen LogP contribution is 2.43. The number of fused-ring (bicyclic) bond motifs is 6. The molecule has 11 aromatic rings. The van der Waals surface area contributed by atoms with Crippen molar-refractivity contribution >= 4 is 78.9 Å². The summed E-state index contributed by atoms with van der Waals surface area (Å²) in [6.07, 6.45) is 1.93. The third-order valence-electron chi connectivity index (χ3n) is 12.5. The summed E-state index contributed by atoms with van der Waals surface area (Å²) in [4.78, 5) is 12.6. The summed E-state index contributed by atoms with van der Waals surface area (Å²) in [6, 6.07) is 75.9. The molecular formula is C55H39N5OSi. The van der Waals surface area contributed by atoms with Gasteiger partial charge in [0.15, 0.2) is 8.07 Å². The van der Waals surface area contributed by atoms with Crippen LogP contribution < -0.4 is 30.4 Å². The number of benzene rings is 8. The highest BCUT2D eigenvalue weighted by molar-refractivity contribution is 7.21. The van der Waals surface area contributed by atoms with Crippen LogP contribution in [0.25, 0.3) is 49.9 Å². The molecular weight excluding hydrogens is 775 g/mol. The van der Waals surface area contributed by atoms with Crippen molar-refractivity contribution in [1.29, 1.82) is 0 Å². The fraction of sp³-hybridized carbons (Fsp3) is 0.0182. The van der Waals surface area contributed by atoms with Gasteiger partial charge in [-0.15, -0.1) is 0 Å². The average Bonchev–Trinajstić information content (AvgIpc) is 3.85. The van der Waals surface area contributed by atoms with Gasteiger partial charge in [0.25, 0.3) is 0 Å². The molecule has 3 aromatic heterocycles. The Hall–Kier alpha value is -8.00. The van der Waals surface area contributed by atoms with Gasteiger partial charge < -0.3 is 13.9 Å². The molecule has 0 saturated carbocycles. The largest absolute Gasteiger partial charge is 0.457 e. The molecule has 62 heavy (non-hydrogen) atoms. The Morgan fingerprint density at radius 2 is 1.13 bits per heavy atom. The first kappa shape index (κ1) is 35.9. The van der Waals surface area contributed by atoms with E-state index >= 15 is 0 Å². The van der Waals surface area contributed by atoms with Gasteiger partial charge in [-0.05, 0) is 93.5 Å². The van der Waals surface area contributed by atoms with Gasteiger partial charge in [0.1, 0.15) is 23.1 Å². The van der Waals surface area contributed by atoms with E-state index in [-0.39, 0.29) is 0 Å². The van der Waals surface area contributed by atoms with Crippen molar-refractivity contribution in [3.8, 4) is 28.6 Å². The zero-order valence-corrected chi connectivity index (χ0v) is 34.9. The third-order valence-corrected chi connectivity index (χ3v) is 17.3. The first-order valence-corrected chi connectivity index (χ1v) is 23.0. The first-order chi connectivity index (χ1) is 30.7. The van der Waals surface area contributed by atoms with Gasteiger partial charge >= 0.3 is 0 Å². The number of nitrogens with zero attached hydrogens (tertiary/aromatic N) is 5. The minimum atomic E-state index is -3.03. The second kappa shape index (κ2) is 14.3. The summed E-state index contributed by atoms with van der Waals surface area (Å²) < 4.78 is 11.3. The zero-order valence-electron chi connectivity index (χ0n) is 33.9. The minimum Gasteiger partial charge on any atom is -0.457 e. The molecule has 0 amide bonds. The first-order valence-electron chi connectivity index (χ1n) is 21.0. The normalized spacial score (nSPS) is 13.0. The summed E-state index contributed by atoms with van der Waals surface area (Å²) >= 11 is 0. The highest BCUT2D eigenvalue weighted by atomic mass is 28.3. The summed E-state index contributed by atoms with van der Waals surface area (Å²) in [5, 5.41) is 7.52. The second-order valence-electron chi connectivity index (χ2n) is 15.9. The van der Waals surface area contributed by atoms with E-state index in [0.29, 0.717) is 0 Å². The summed E-state index contributed by atoms with van der Waals surface area (Å²) in [5.74, 6) is 3.28. The van der Waals surface area contributed by atoms with Gasteiger partial charge in [-0.1, -0.05) is 133 Å². The van der Waals surface area contributed by atoms with E-state index in [1.54, 1.807) is 0 Å². The van der Waals surface area contributed by atoms with Crippen molar-refractivity contribution in [2.75, 3.05) is 4.90 Å². The van der Waals surface area contributed by atoms with Crippen molar-refractivity contribution in [2.24, 2.45) is 7.05 Å². The Bertz CT molecular complexity index is 3430. The van der Waals surface area contributed by atoms with Gasteiger partial charge in [0.05, 0.1) is 27.8 Å². The molecule has 0 atom stereocenters. The van der Waals surface area contributed by atoms with Crippen LogP contribution in [-0.2, 0) is 7.05 Å². The molecule has 0 radical (unpaired) electrons. The van der Waals surface area contributed by atoms with Gasteiger partial charge in [-0.2, -0.15) is 0 Å². The Labute approximate surface area is 360 Å². The maximum absolute atomic E-state index is 6.74. The lowest BCUT2D eigenvalue weighted by Crippen LogP contribution is -2.77. The molecule has 0 N–H and O–H groups in total. The van der Waals surface area contributed by atoms with Crippen LogP contribution >= 0.6 is 0 Å². The average molecular weight is 814 g/mol. The number of aromatic nitrogens is 4. The van der Waals surface area contributed by atoms with E-state index in [4.69, 9.17) is 14.7 Å². The van der Waals surface area contributed by atoms with Crippen LogP contribution in [-0.4, -0.2) is 27.2 Å². The lowest BCUT2D eigenvalue weighted by Gasteiger charge is -2.44. The molecule has 0 aliphatic carbocycles. The van der Waals surface area contributed by atoms with E-state index in [0.717, 1.165) is 56.8 Å². The number of aryl methyl sites for hydroxylation is 1. The monoisotopic (exact) mass is 813 g/mol. The van der Waals surface area contributed by atoms with Crippen LogP contribution in [0.4, 0.5) is 17.2 Å². The number of pyridine rings is 1. The predicted octanol–water partition coefficient (Wildman–Crippen LogP) is 10.7. The number of rotatable bonds is 7. The zero-order chi connectivity index (χ0) is 41.2. The predicted molar refractivity (Wildman–Crippen MR) is 257 cm³/mol. The van der Waals surface area contributed by atoms with Crippen LogP contribution in [0.2, 0.25) is 0 Å². The number of hydrogen-bond donors (Lipinski definition) is 0. The Morgan fingerprint density at radius 3 is 1.89 bits per heavy atom. The van der Waals surface area contributed by atoms with Gasteiger partial charge in [0.2, 0.25) is 0 Å². The number of para-hydroxylation sites is 4. The molecule has 0 bridgehead atoms. The quantitative estimate of drug-likeness (QED) is 0.150. The van der Waals surface area contributed by atoms with Crippen molar-refractivity contribution in [3.05, 3.63) is 219 Å². The molecule has 0 saturated heterocycles. The molecule has 1 aliphatic rings. The van der Waals surface area contributed by atoms with Crippen LogP contribution in [0, 0.1) is 0 Å². The molecule has 4 heterocycles. The maximum atomic E-state index is 6.74. The Morgan fingerprint density at radius 1 is 0.484 bits per heavy atom. The molecule has 12 rings (SSSR count). The summed E-state index contributed by atoms with van der Waals surface area (Å²) in [5.41, 5.74) is 8.59. The fourth-order valence-electron chi connectivity index (χ4n) is 9.82. The van der Waals surface area contributed by atoms with E-state index < -0.39 is 8.07 Å². The van der Waals surface area contributed by atoms with Crippen LogP contribution in [0.5, 0.6) is 11.5 Å². The van der Waals surface area contributed by atoms with Crippen LogP contribution in [0.1, 0.15) is 0 Å². The van der Waals surface area contributed by atoms with Crippen molar-refractivity contribution in [3.63, 3.8) is 0 Å². The second-order valence-corrected chi connectivity index (χ2v) is 19.6. The van der Waals surface area contributed by atoms with Crippen molar-refractivity contribution in [2.45, 2.75) is 0 Å². The Kier molecular flexibility index (Phi) is 8.30. The maximum Gasteiger partial charge on any atom is 0.186 e. The SMILES string of the molecule is Cn1c(-c2cccc(Oc3cccc(N4c5cc6c7ccccc7n(-c7ccccc7)c6cc5[Si](c5ccccc5)(c5ccccc5)c5cccnc54)c3)c2)nc2ccccc21. The molecule has 0 spiro atoms. The van der Waals surface area contributed by atoms with Crippen LogP contribution in [0.3, 0.4) is 0 Å². The molecule has 0 unspecified atom stereocenters. The minimum absolute atomic E-state index is 0.727. The molecule has 0 fully saturated rings. The molecule has 294 valence electrons. The topological polar surface area (TPSA) is 48.1 Å². The Balaban J connectivity index is 1.09. The lowest BCUT2D eigenvalue weighted by atomic mass is 10.1. The number of anilines is 3. The molecule has 6 nitrogen and oxygen atoms in total. The van der Waals surface area contributed by atoms with E-state index in [1.165, 1.54) is 42.6 Å². The molecule has 1 aliphatic heterocycles. The third kappa shape index (κ3) is 5.49. The highest BCUT2D eigenvalue weighted by Gasteiger charge is 2.50. The van der Waals surface area contributed by atoms with E-state index in [2.05, 4.69) is 203 Å². The standard InChI is InChI=1S/C55H39N5OSi/c1-58-49-31-14-12-29-47(49)57-54(58)38-18-15-22-41(34-38)61-42-23-16-21-40(35-42)60-51-36-46-45-28-11-13-30-48(45)59(39-19-5-2-6-20-39)50(46)37-53(51)62(43-24-7-3-8-25-43,44-26-9-4-10-27-44)52-32-17-33-56-55(52)60/h2-37H,1H3. The summed E-state index contributed by atoms with van der Waals surface area (Å²) in [6.45, 7) is 0. The number of ether oxygens (including phenoxy) is 1. The summed E-state index contributed by atoms with van der Waals surface area (Å²) in [7, 11) is -0.968. The van der Waals surface area contributed by atoms with E-state index in [1.807, 2.05) is 36.5 Å². The van der Waals surface area contributed by atoms with E-state index in [9.17, 15) is 0 Å². The molecule has 8 aromatic carbocycles. The van der Waals surface area contributed by atoms with Crippen molar-refractivity contribution < 1.29 is 4.74 Å². The van der Waals surface area contributed by atoms with Gasteiger partial charge in [-0.25, -0.2) is 9.97 Å². The smallest absolute Gasteiger partial charge is 0.186 e. The lowest BCUT2D eigenvalue weighted by molar-refractivity contribution is 0.483. The van der Waals surface area contributed by atoms with Gasteiger partial charge in [0, 0.05) is 47.0 Å². The van der Waals surface area contributed by atoms with Crippen LogP contribution in [0.15, 0.2) is 219 Å². The van der Waals surface area contributed by atoms with Crippen molar-refractivity contribution in [1.82, 2.24) is 19.1 Å². The number of hydrogen-bond acceptors (Lipinski definition) is 4.